The molecule has 2 rings (SSSR count). The summed E-state index contributed by atoms with van der Waals surface area (Å²) >= 11 is 3.41. The first-order valence-corrected chi connectivity index (χ1v) is 6.09. The van der Waals surface area contributed by atoms with E-state index >= 15 is 0 Å². The zero-order chi connectivity index (χ0) is 12.4. The fourth-order valence-electron chi connectivity index (χ4n) is 1.52. The van der Waals surface area contributed by atoms with E-state index in [1.54, 1.807) is 6.20 Å². The number of halogens is 1. The van der Waals surface area contributed by atoms with Gasteiger partial charge in [0.2, 0.25) is 5.89 Å². The lowest BCUT2D eigenvalue weighted by Gasteiger charge is -2.14. The van der Waals surface area contributed by atoms with Crippen molar-refractivity contribution in [2.45, 2.75) is 19.9 Å². The summed E-state index contributed by atoms with van der Waals surface area (Å²) in [5.74, 6) is 1.46. The van der Waals surface area contributed by atoms with Crippen molar-refractivity contribution in [3.05, 3.63) is 40.5 Å². The standard InChI is InChI=1S/C12H14BrN3O/c1-7-6-15-12(17-7)8(2)16-11-5-9(13)3-4-10(11)14/h3-6,8,16H,14H2,1-2H3. The second-order valence-corrected chi connectivity index (χ2v) is 4.82. The van der Waals surface area contributed by atoms with Gasteiger partial charge in [-0.05, 0) is 32.0 Å². The molecule has 0 radical (unpaired) electrons. The van der Waals surface area contributed by atoms with E-state index in [1.165, 1.54) is 0 Å². The Bertz CT molecular complexity index is 524. The van der Waals surface area contributed by atoms with E-state index in [0.717, 1.165) is 15.9 Å². The van der Waals surface area contributed by atoms with Gasteiger partial charge in [-0.1, -0.05) is 15.9 Å². The second kappa shape index (κ2) is 4.79. The molecule has 1 heterocycles. The van der Waals surface area contributed by atoms with E-state index in [1.807, 2.05) is 32.0 Å². The van der Waals surface area contributed by atoms with Gasteiger partial charge in [-0.25, -0.2) is 4.98 Å². The van der Waals surface area contributed by atoms with Gasteiger partial charge in [0, 0.05) is 4.47 Å². The predicted molar refractivity (Wildman–Crippen MR) is 71.8 cm³/mol. The van der Waals surface area contributed by atoms with Gasteiger partial charge in [0.05, 0.1) is 17.6 Å². The molecule has 3 N–H and O–H groups in total. The molecule has 0 saturated carbocycles. The number of nitrogens with two attached hydrogens (primary N) is 1. The lowest BCUT2D eigenvalue weighted by Crippen LogP contribution is -2.08. The summed E-state index contributed by atoms with van der Waals surface area (Å²) in [7, 11) is 0. The number of nitrogen functional groups attached to an aromatic ring is 1. The normalized spacial score (nSPS) is 12.4. The fourth-order valence-corrected chi connectivity index (χ4v) is 1.88. The quantitative estimate of drug-likeness (QED) is 0.851. The molecule has 1 atom stereocenters. The molecule has 0 amide bonds. The summed E-state index contributed by atoms with van der Waals surface area (Å²) in [6.07, 6.45) is 1.71. The Balaban J connectivity index is 2.18. The van der Waals surface area contributed by atoms with Crippen LogP contribution in [-0.2, 0) is 0 Å². The molecule has 1 aromatic carbocycles. The van der Waals surface area contributed by atoms with Crippen molar-refractivity contribution >= 4 is 27.3 Å². The van der Waals surface area contributed by atoms with Gasteiger partial charge in [-0.3, -0.25) is 0 Å². The lowest BCUT2D eigenvalue weighted by molar-refractivity contribution is 0.454. The van der Waals surface area contributed by atoms with Crippen LogP contribution in [0.1, 0.15) is 24.6 Å². The van der Waals surface area contributed by atoms with Crippen molar-refractivity contribution in [3.63, 3.8) is 0 Å². The van der Waals surface area contributed by atoms with Crippen LogP contribution in [0.2, 0.25) is 0 Å². The molecule has 2 aromatic rings. The van der Waals surface area contributed by atoms with Crippen molar-refractivity contribution in [1.82, 2.24) is 4.98 Å². The number of nitrogens with one attached hydrogen (secondary N) is 1. The van der Waals surface area contributed by atoms with Gasteiger partial charge in [0.25, 0.3) is 0 Å². The molecule has 90 valence electrons. The largest absolute Gasteiger partial charge is 0.444 e. The van der Waals surface area contributed by atoms with Gasteiger partial charge in [-0.2, -0.15) is 0 Å². The molecule has 4 nitrogen and oxygen atoms in total. The Morgan fingerprint density at radius 2 is 2.24 bits per heavy atom. The average Bonchev–Trinajstić information content (AvgIpc) is 2.70. The number of hydrogen-bond donors (Lipinski definition) is 2. The molecule has 0 aliphatic rings. The predicted octanol–water partition coefficient (Wildman–Crippen LogP) is 3.50. The van der Waals surface area contributed by atoms with E-state index in [-0.39, 0.29) is 6.04 Å². The second-order valence-electron chi connectivity index (χ2n) is 3.91. The van der Waals surface area contributed by atoms with E-state index in [4.69, 9.17) is 10.2 Å². The molecule has 5 heteroatoms. The van der Waals surface area contributed by atoms with Gasteiger partial charge in [-0.15, -0.1) is 0 Å². The molecule has 1 aromatic heterocycles. The minimum atomic E-state index is -0.0275. The van der Waals surface area contributed by atoms with Gasteiger partial charge in [0.15, 0.2) is 0 Å². The third kappa shape index (κ3) is 2.79. The maximum absolute atomic E-state index is 5.89. The van der Waals surface area contributed by atoms with Crippen LogP contribution in [0.5, 0.6) is 0 Å². The Kier molecular flexibility index (Phi) is 3.38. The monoisotopic (exact) mass is 295 g/mol. The number of benzene rings is 1. The fraction of sp³-hybridized carbons (Fsp3) is 0.250. The first-order valence-electron chi connectivity index (χ1n) is 5.30. The van der Waals surface area contributed by atoms with Crippen molar-refractivity contribution in [2.24, 2.45) is 0 Å². The van der Waals surface area contributed by atoms with Crippen LogP contribution in [0.25, 0.3) is 0 Å². The summed E-state index contributed by atoms with van der Waals surface area (Å²) in [6.45, 7) is 3.85. The van der Waals surface area contributed by atoms with E-state index in [0.29, 0.717) is 11.6 Å². The Morgan fingerprint density at radius 1 is 1.47 bits per heavy atom. The molecule has 0 saturated heterocycles. The SMILES string of the molecule is Cc1cnc(C(C)Nc2cc(Br)ccc2N)o1. The minimum absolute atomic E-state index is 0.0275. The first kappa shape index (κ1) is 12.0. The zero-order valence-electron chi connectivity index (χ0n) is 9.70. The number of nitrogens with zero attached hydrogens (tertiary/aromatic N) is 1. The van der Waals surface area contributed by atoms with Crippen LogP contribution in [0.15, 0.2) is 33.3 Å². The lowest BCUT2D eigenvalue weighted by atomic mass is 10.2. The highest BCUT2D eigenvalue weighted by molar-refractivity contribution is 9.10. The maximum atomic E-state index is 5.89. The highest BCUT2D eigenvalue weighted by Crippen LogP contribution is 2.27. The number of aromatic nitrogens is 1. The molecule has 0 fully saturated rings. The molecule has 0 aliphatic carbocycles. The van der Waals surface area contributed by atoms with E-state index < -0.39 is 0 Å². The molecule has 1 unspecified atom stereocenters. The van der Waals surface area contributed by atoms with Gasteiger partial charge >= 0.3 is 0 Å². The summed E-state index contributed by atoms with van der Waals surface area (Å²) < 4.78 is 6.44. The topological polar surface area (TPSA) is 64.1 Å². The number of oxazole rings is 1. The Labute approximate surface area is 108 Å². The van der Waals surface area contributed by atoms with E-state index in [9.17, 15) is 0 Å². The summed E-state index contributed by atoms with van der Waals surface area (Å²) in [6, 6.07) is 5.66. The van der Waals surface area contributed by atoms with Crippen LogP contribution in [-0.4, -0.2) is 4.98 Å². The number of hydrogen-bond acceptors (Lipinski definition) is 4. The highest BCUT2D eigenvalue weighted by atomic mass is 79.9. The third-order valence-corrected chi connectivity index (χ3v) is 2.89. The van der Waals surface area contributed by atoms with Crippen LogP contribution in [0, 0.1) is 6.92 Å². The number of aryl methyl sites for hydroxylation is 1. The molecular formula is C12H14BrN3O. The molecular weight excluding hydrogens is 282 g/mol. The van der Waals surface area contributed by atoms with Crippen molar-refractivity contribution < 1.29 is 4.42 Å². The van der Waals surface area contributed by atoms with Crippen LogP contribution in [0.3, 0.4) is 0 Å². The maximum Gasteiger partial charge on any atom is 0.216 e. The average molecular weight is 296 g/mol. The summed E-state index contributed by atoms with van der Waals surface area (Å²) in [5.41, 5.74) is 7.45. The smallest absolute Gasteiger partial charge is 0.216 e. The van der Waals surface area contributed by atoms with Crippen molar-refractivity contribution in [3.8, 4) is 0 Å². The summed E-state index contributed by atoms with van der Waals surface area (Å²) in [5, 5.41) is 3.27. The van der Waals surface area contributed by atoms with E-state index in [2.05, 4.69) is 26.2 Å². The van der Waals surface area contributed by atoms with Crippen LogP contribution < -0.4 is 11.1 Å². The zero-order valence-corrected chi connectivity index (χ0v) is 11.3. The Morgan fingerprint density at radius 3 is 2.88 bits per heavy atom. The highest BCUT2D eigenvalue weighted by Gasteiger charge is 2.12. The first-order chi connectivity index (χ1) is 8.06. The minimum Gasteiger partial charge on any atom is -0.444 e. The number of anilines is 2. The molecule has 0 bridgehead atoms. The van der Waals surface area contributed by atoms with Crippen molar-refractivity contribution in [2.75, 3.05) is 11.1 Å². The van der Waals surface area contributed by atoms with Gasteiger partial charge < -0.3 is 15.5 Å². The van der Waals surface area contributed by atoms with Crippen LogP contribution in [0.4, 0.5) is 11.4 Å². The molecule has 17 heavy (non-hydrogen) atoms. The molecule has 0 spiro atoms. The third-order valence-electron chi connectivity index (χ3n) is 2.40. The van der Waals surface area contributed by atoms with Crippen molar-refractivity contribution in [1.29, 1.82) is 0 Å². The molecule has 0 aliphatic heterocycles. The van der Waals surface area contributed by atoms with Gasteiger partial charge in [0.1, 0.15) is 11.8 Å². The summed E-state index contributed by atoms with van der Waals surface area (Å²) in [4.78, 5) is 4.18. The number of rotatable bonds is 3. The Hall–Kier alpha value is -1.49. The van der Waals surface area contributed by atoms with Crippen LogP contribution >= 0.6 is 15.9 Å².